The number of halogens is 1. The first-order chi connectivity index (χ1) is 6.93. The molecule has 0 aliphatic rings. The van der Waals surface area contributed by atoms with Crippen molar-refractivity contribution in [3.05, 3.63) is 15.9 Å². The van der Waals surface area contributed by atoms with Crippen LogP contribution < -0.4 is 11.1 Å². The van der Waals surface area contributed by atoms with Gasteiger partial charge in [-0.05, 0) is 40.0 Å². The molecule has 0 aromatic carbocycles. The van der Waals surface area contributed by atoms with Crippen LogP contribution in [0.2, 0.25) is 0 Å². The third-order valence-electron chi connectivity index (χ3n) is 2.03. The van der Waals surface area contributed by atoms with Gasteiger partial charge in [0.05, 0.1) is 8.79 Å². The summed E-state index contributed by atoms with van der Waals surface area (Å²) in [4.78, 5) is 11.6. The average molecular weight is 291 g/mol. The smallest absolute Gasteiger partial charge is 0.225 e. The summed E-state index contributed by atoms with van der Waals surface area (Å²) in [5.41, 5.74) is 5.43. The van der Waals surface area contributed by atoms with Gasteiger partial charge in [-0.25, -0.2) is 0 Å². The highest BCUT2D eigenvalue weighted by atomic mass is 79.9. The maximum atomic E-state index is 11.6. The molecule has 0 spiro atoms. The van der Waals surface area contributed by atoms with E-state index in [0.717, 1.165) is 8.79 Å². The molecule has 0 atom stereocenters. The molecule has 0 radical (unpaired) electrons. The third-order valence-corrected chi connectivity index (χ3v) is 3.57. The zero-order valence-corrected chi connectivity index (χ0v) is 11.2. The van der Waals surface area contributed by atoms with E-state index >= 15 is 0 Å². The number of carbonyl (C=O) groups excluding carboxylic acids is 1. The Morgan fingerprint density at radius 3 is 2.73 bits per heavy atom. The van der Waals surface area contributed by atoms with Gasteiger partial charge in [0.2, 0.25) is 5.91 Å². The van der Waals surface area contributed by atoms with Gasteiger partial charge in [0.1, 0.15) is 0 Å². The van der Waals surface area contributed by atoms with Gasteiger partial charge < -0.3 is 11.1 Å². The zero-order chi connectivity index (χ0) is 11.5. The summed E-state index contributed by atoms with van der Waals surface area (Å²) in [5, 5.41) is 3.71. The van der Waals surface area contributed by atoms with Gasteiger partial charge in [-0.1, -0.05) is 13.8 Å². The molecule has 1 rings (SSSR count). The number of hydrogen-bond donors (Lipinski definition) is 2. The number of hydrogen-bond acceptors (Lipinski definition) is 3. The minimum atomic E-state index is -0.140. The second-order valence-corrected chi connectivity index (χ2v) is 6.66. The molecule has 1 amide bonds. The van der Waals surface area contributed by atoms with Crippen LogP contribution in [0.4, 0.5) is 5.00 Å². The van der Waals surface area contributed by atoms with E-state index in [4.69, 9.17) is 5.73 Å². The number of amides is 1. The molecule has 0 unspecified atom stereocenters. The Labute approximate surface area is 102 Å². The number of rotatable bonds is 4. The predicted octanol–water partition coefficient (Wildman–Crippen LogP) is 2.82. The van der Waals surface area contributed by atoms with Crippen LogP contribution in [-0.4, -0.2) is 12.5 Å². The molecule has 0 fully saturated rings. The maximum Gasteiger partial charge on any atom is 0.225 e. The maximum absolute atomic E-state index is 11.6. The van der Waals surface area contributed by atoms with Gasteiger partial charge in [0.15, 0.2) is 0 Å². The second kappa shape index (κ2) is 5.09. The van der Waals surface area contributed by atoms with Gasteiger partial charge in [-0.15, -0.1) is 11.3 Å². The van der Waals surface area contributed by atoms with Crippen LogP contribution in [0.25, 0.3) is 0 Å². The van der Waals surface area contributed by atoms with Crippen molar-refractivity contribution in [2.45, 2.75) is 20.3 Å². The summed E-state index contributed by atoms with van der Waals surface area (Å²) in [6.07, 6.45) is 0.443. The molecule has 84 valence electrons. The molecular formula is C10H15BrN2OS. The lowest BCUT2D eigenvalue weighted by Gasteiger charge is -2.20. The number of nitrogens with two attached hydrogens (primary N) is 1. The Hall–Kier alpha value is -0.390. The number of thiophene rings is 1. The van der Waals surface area contributed by atoms with Gasteiger partial charge in [-0.2, -0.15) is 0 Å². The molecule has 0 saturated heterocycles. The summed E-state index contributed by atoms with van der Waals surface area (Å²) in [6.45, 7) is 4.47. The minimum Gasteiger partial charge on any atom is -0.330 e. The summed E-state index contributed by atoms with van der Waals surface area (Å²) in [5.74, 6) is 0.0137. The highest BCUT2D eigenvalue weighted by molar-refractivity contribution is 9.11. The van der Waals surface area contributed by atoms with Crippen molar-refractivity contribution in [3.8, 4) is 0 Å². The van der Waals surface area contributed by atoms with Crippen molar-refractivity contribution in [1.82, 2.24) is 0 Å². The molecule has 3 nitrogen and oxygen atoms in total. The lowest BCUT2D eigenvalue weighted by molar-refractivity contribution is -0.117. The van der Waals surface area contributed by atoms with Crippen LogP contribution >= 0.6 is 27.3 Å². The topological polar surface area (TPSA) is 55.1 Å². The quantitative estimate of drug-likeness (QED) is 0.896. The molecule has 3 N–H and O–H groups in total. The summed E-state index contributed by atoms with van der Waals surface area (Å²) in [6, 6.07) is 3.79. The van der Waals surface area contributed by atoms with Crippen molar-refractivity contribution in [1.29, 1.82) is 0 Å². The van der Waals surface area contributed by atoms with E-state index in [-0.39, 0.29) is 11.3 Å². The first-order valence-corrected chi connectivity index (χ1v) is 6.29. The molecule has 5 heteroatoms. The fourth-order valence-corrected chi connectivity index (χ4v) is 2.37. The van der Waals surface area contributed by atoms with Crippen LogP contribution in [-0.2, 0) is 4.79 Å². The second-order valence-electron chi connectivity index (χ2n) is 4.20. The average Bonchev–Trinajstić information content (AvgIpc) is 2.50. The molecule has 1 aromatic heterocycles. The Kier molecular flexibility index (Phi) is 4.31. The Morgan fingerprint density at radius 2 is 2.27 bits per heavy atom. The summed E-state index contributed by atoms with van der Waals surface area (Å²) >= 11 is 4.85. The normalized spacial score (nSPS) is 11.5. The van der Waals surface area contributed by atoms with Crippen molar-refractivity contribution < 1.29 is 4.79 Å². The molecule has 0 bridgehead atoms. The van der Waals surface area contributed by atoms with Crippen LogP contribution in [0.15, 0.2) is 15.9 Å². The van der Waals surface area contributed by atoms with E-state index in [2.05, 4.69) is 21.2 Å². The highest BCUT2D eigenvalue weighted by Gasteiger charge is 2.20. The van der Waals surface area contributed by atoms with Crippen molar-refractivity contribution >= 4 is 38.2 Å². The number of nitrogens with one attached hydrogen (secondary N) is 1. The van der Waals surface area contributed by atoms with Crippen molar-refractivity contribution in [2.75, 3.05) is 11.9 Å². The molecule has 0 saturated carbocycles. The predicted molar refractivity (Wildman–Crippen MR) is 68.1 cm³/mol. The molecule has 0 aliphatic heterocycles. The number of anilines is 1. The zero-order valence-electron chi connectivity index (χ0n) is 8.84. The van der Waals surface area contributed by atoms with Gasteiger partial charge >= 0.3 is 0 Å². The molecule has 15 heavy (non-hydrogen) atoms. The monoisotopic (exact) mass is 290 g/mol. The van der Waals surface area contributed by atoms with Crippen LogP contribution in [0, 0.1) is 5.41 Å². The lowest BCUT2D eigenvalue weighted by atomic mass is 9.89. The molecule has 1 heterocycles. The summed E-state index contributed by atoms with van der Waals surface area (Å²) < 4.78 is 1.01. The van der Waals surface area contributed by atoms with E-state index < -0.39 is 0 Å². The first-order valence-electron chi connectivity index (χ1n) is 4.68. The Morgan fingerprint density at radius 1 is 1.60 bits per heavy atom. The van der Waals surface area contributed by atoms with E-state index in [1.54, 1.807) is 0 Å². The van der Waals surface area contributed by atoms with E-state index in [0.29, 0.717) is 13.0 Å². The van der Waals surface area contributed by atoms with Gasteiger partial charge in [0, 0.05) is 6.42 Å². The Bertz CT molecular complexity index is 349. The van der Waals surface area contributed by atoms with Crippen LogP contribution in [0.3, 0.4) is 0 Å². The van der Waals surface area contributed by atoms with E-state index in [9.17, 15) is 4.79 Å². The minimum absolute atomic E-state index is 0.0137. The molecular weight excluding hydrogens is 276 g/mol. The van der Waals surface area contributed by atoms with Gasteiger partial charge in [0.25, 0.3) is 0 Å². The van der Waals surface area contributed by atoms with E-state index in [1.165, 1.54) is 11.3 Å². The fourth-order valence-electron chi connectivity index (χ4n) is 1.07. The Balaban J connectivity index is 2.50. The van der Waals surface area contributed by atoms with Crippen LogP contribution in [0.5, 0.6) is 0 Å². The SMILES string of the molecule is CC(C)(CN)CC(=O)Nc1ccc(Br)s1. The fraction of sp³-hybridized carbons (Fsp3) is 0.500. The third kappa shape index (κ3) is 4.32. The molecule has 1 aromatic rings. The van der Waals surface area contributed by atoms with Gasteiger partial charge in [-0.3, -0.25) is 4.79 Å². The van der Waals surface area contributed by atoms with Crippen molar-refractivity contribution in [3.63, 3.8) is 0 Å². The molecule has 0 aliphatic carbocycles. The summed E-state index contributed by atoms with van der Waals surface area (Å²) in [7, 11) is 0. The highest BCUT2D eigenvalue weighted by Crippen LogP contribution is 2.27. The largest absolute Gasteiger partial charge is 0.330 e. The van der Waals surface area contributed by atoms with Crippen LogP contribution in [0.1, 0.15) is 20.3 Å². The standard InChI is InChI=1S/C10H15BrN2OS/c1-10(2,6-12)5-8(14)13-9-4-3-7(11)15-9/h3-4H,5-6,12H2,1-2H3,(H,13,14). The first kappa shape index (κ1) is 12.7. The van der Waals surface area contributed by atoms with E-state index in [1.807, 2.05) is 26.0 Å². The lowest BCUT2D eigenvalue weighted by Crippen LogP contribution is -2.29. The number of carbonyl (C=O) groups is 1. The van der Waals surface area contributed by atoms with Crippen molar-refractivity contribution in [2.24, 2.45) is 11.1 Å².